The number of hydrogen-bond donors (Lipinski definition) is 0. The Balaban J connectivity index is 1.53. The highest BCUT2D eigenvalue weighted by Crippen LogP contribution is 2.32. The number of nitrogens with zero attached hydrogens (tertiary/aromatic N) is 2. The van der Waals surface area contributed by atoms with Crippen LogP contribution in [0.3, 0.4) is 0 Å². The molecule has 0 amide bonds. The zero-order valence-electron chi connectivity index (χ0n) is 14.9. The number of rotatable bonds is 8. The normalized spacial score (nSPS) is 17.6. The van der Waals surface area contributed by atoms with Gasteiger partial charge in [0.2, 0.25) is 0 Å². The maximum Gasteiger partial charge on any atom is 0.0661 e. The standard InChI is InChI=1S/C22H28N2O/c1-3-13-21(14-4-1)23(17-19-9-7-10-19)25-24(18-20-11-8-12-20)22-15-5-2-6-16-22/h1-6,13-16,19-20H,7-12,17-18H2. The Bertz CT molecular complexity index is 580. The molecule has 2 fully saturated rings. The van der Waals surface area contributed by atoms with Gasteiger partial charge in [-0.3, -0.25) is 0 Å². The molecule has 4 rings (SSSR count). The van der Waals surface area contributed by atoms with E-state index in [1.807, 2.05) is 0 Å². The second kappa shape index (κ2) is 7.92. The summed E-state index contributed by atoms with van der Waals surface area (Å²) in [6, 6.07) is 21.1. The predicted octanol–water partition coefficient (Wildman–Crippen LogP) is 5.45. The highest BCUT2D eigenvalue weighted by Gasteiger charge is 2.26. The zero-order chi connectivity index (χ0) is 16.9. The molecule has 0 heterocycles. The van der Waals surface area contributed by atoms with Crippen LogP contribution in [0.1, 0.15) is 38.5 Å². The summed E-state index contributed by atoms with van der Waals surface area (Å²) in [6.07, 6.45) is 8.00. The topological polar surface area (TPSA) is 15.7 Å². The van der Waals surface area contributed by atoms with Gasteiger partial charge >= 0.3 is 0 Å². The molecule has 2 aliphatic rings. The minimum atomic E-state index is 0.751. The minimum absolute atomic E-state index is 0.751. The molecule has 0 bridgehead atoms. The van der Waals surface area contributed by atoms with Crippen LogP contribution in [0.4, 0.5) is 11.4 Å². The smallest absolute Gasteiger partial charge is 0.0661 e. The van der Waals surface area contributed by atoms with Crippen LogP contribution in [0.5, 0.6) is 0 Å². The average Bonchev–Trinajstić information content (AvgIpc) is 2.59. The van der Waals surface area contributed by atoms with Crippen LogP contribution in [-0.2, 0) is 4.94 Å². The molecule has 132 valence electrons. The molecule has 2 aliphatic carbocycles. The monoisotopic (exact) mass is 336 g/mol. The molecule has 0 spiro atoms. The number of para-hydroxylation sites is 2. The van der Waals surface area contributed by atoms with E-state index in [1.54, 1.807) is 0 Å². The number of benzene rings is 2. The highest BCUT2D eigenvalue weighted by atomic mass is 16.8. The molecular weight excluding hydrogens is 308 g/mol. The van der Waals surface area contributed by atoms with Gasteiger partial charge in [0.1, 0.15) is 0 Å². The maximum atomic E-state index is 6.50. The van der Waals surface area contributed by atoms with Crippen molar-refractivity contribution >= 4 is 11.4 Å². The molecule has 0 unspecified atom stereocenters. The fraction of sp³-hybridized carbons (Fsp3) is 0.455. The Morgan fingerprint density at radius 2 is 1.04 bits per heavy atom. The Morgan fingerprint density at radius 3 is 1.36 bits per heavy atom. The largest absolute Gasteiger partial charge is 0.229 e. The van der Waals surface area contributed by atoms with E-state index in [2.05, 4.69) is 70.8 Å². The first-order chi connectivity index (χ1) is 12.4. The molecule has 25 heavy (non-hydrogen) atoms. The first kappa shape index (κ1) is 16.5. The summed E-state index contributed by atoms with van der Waals surface area (Å²) < 4.78 is 0. The van der Waals surface area contributed by atoms with E-state index in [4.69, 9.17) is 4.94 Å². The molecule has 0 saturated heterocycles. The molecular formula is C22H28N2O. The maximum absolute atomic E-state index is 6.50. The Kier molecular flexibility index (Phi) is 5.22. The van der Waals surface area contributed by atoms with Crippen LogP contribution in [0.25, 0.3) is 0 Å². The third kappa shape index (κ3) is 4.16. The third-order valence-electron chi connectivity index (χ3n) is 5.58. The third-order valence-corrected chi connectivity index (χ3v) is 5.58. The molecule has 0 N–H and O–H groups in total. The highest BCUT2D eigenvalue weighted by molar-refractivity contribution is 5.47. The van der Waals surface area contributed by atoms with E-state index in [0.717, 1.165) is 36.3 Å². The van der Waals surface area contributed by atoms with Gasteiger partial charge in [0, 0.05) is 0 Å². The predicted molar refractivity (Wildman–Crippen MR) is 103 cm³/mol. The number of hydrogen-bond acceptors (Lipinski definition) is 3. The fourth-order valence-electron chi connectivity index (χ4n) is 3.50. The summed E-state index contributed by atoms with van der Waals surface area (Å²) in [7, 11) is 0. The van der Waals surface area contributed by atoms with E-state index in [0.29, 0.717) is 0 Å². The van der Waals surface area contributed by atoms with Gasteiger partial charge in [-0.25, -0.2) is 10.1 Å². The van der Waals surface area contributed by atoms with Crippen LogP contribution in [-0.4, -0.2) is 13.1 Å². The molecule has 0 atom stereocenters. The van der Waals surface area contributed by atoms with E-state index in [1.165, 1.54) is 38.5 Å². The fourth-order valence-corrected chi connectivity index (χ4v) is 3.50. The summed E-state index contributed by atoms with van der Waals surface area (Å²) in [5.74, 6) is 1.50. The Labute approximate surface area is 151 Å². The SMILES string of the molecule is c1ccc(N(CC2CCC2)ON(CC2CCC2)c2ccccc2)cc1. The minimum Gasteiger partial charge on any atom is -0.229 e. The van der Waals surface area contributed by atoms with Gasteiger partial charge in [-0.05, 0) is 61.8 Å². The van der Waals surface area contributed by atoms with Crippen molar-refractivity contribution in [2.24, 2.45) is 11.8 Å². The lowest BCUT2D eigenvalue weighted by Crippen LogP contribution is -2.42. The molecule has 2 aromatic rings. The summed E-state index contributed by atoms with van der Waals surface area (Å²) in [6.45, 7) is 1.94. The van der Waals surface area contributed by atoms with Gasteiger partial charge in [0.15, 0.2) is 0 Å². The van der Waals surface area contributed by atoms with Crippen molar-refractivity contribution in [2.45, 2.75) is 38.5 Å². The van der Waals surface area contributed by atoms with Crippen molar-refractivity contribution in [3.63, 3.8) is 0 Å². The van der Waals surface area contributed by atoms with Crippen LogP contribution in [0, 0.1) is 11.8 Å². The van der Waals surface area contributed by atoms with Crippen LogP contribution < -0.4 is 10.1 Å². The van der Waals surface area contributed by atoms with Gasteiger partial charge in [0.25, 0.3) is 0 Å². The van der Waals surface area contributed by atoms with E-state index in [-0.39, 0.29) is 0 Å². The molecule has 0 radical (unpaired) electrons. The van der Waals surface area contributed by atoms with Crippen molar-refractivity contribution in [3.05, 3.63) is 60.7 Å². The molecule has 2 saturated carbocycles. The van der Waals surface area contributed by atoms with E-state index < -0.39 is 0 Å². The molecule has 3 heteroatoms. The lowest BCUT2D eigenvalue weighted by Gasteiger charge is -2.38. The van der Waals surface area contributed by atoms with Gasteiger partial charge in [-0.15, -0.1) is 0 Å². The zero-order valence-corrected chi connectivity index (χ0v) is 14.9. The van der Waals surface area contributed by atoms with Crippen molar-refractivity contribution in [1.82, 2.24) is 0 Å². The van der Waals surface area contributed by atoms with E-state index in [9.17, 15) is 0 Å². The summed E-state index contributed by atoms with van der Waals surface area (Å²) in [5.41, 5.74) is 2.29. The lowest BCUT2D eigenvalue weighted by molar-refractivity contribution is 0.0550. The van der Waals surface area contributed by atoms with Crippen LogP contribution in [0.15, 0.2) is 60.7 Å². The Morgan fingerprint density at radius 1 is 0.640 bits per heavy atom. The van der Waals surface area contributed by atoms with Crippen molar-refractivity contribution in [2.75, 3.05) is 23.2 Å². The lowest BCUT2D eigenvalue weighted by atomic mass is 9.85. The van der Waals surface area contributed by atoms with Crippen molar-refractivity contribution < 1.29 is 4.94 Å². The quantitative estimate of drug-likeness (QED) is 0.596. The van der Waals surface area contributed by atoms with Gasteiger partial charge in [-0.1, -0.05) is 49.2 Å². The van der Waals surface area contributed by atoms with E-state index >= 15 is 0 Å². The first-order valence-electron chi connectivity index (χ1n) is 9.72. The van der Waals surface area contributed by atoms with Crippen LogP contribution in [0.2, 0.25) is 0 Å². The average molecular weight is 336 g/mol. The van der Waals surface area contributed by atoms with Crippen molar-refractivity contribution in [1.29, 1.82) is 0 Å². The Hall–Kier alpha value is -2.00. The van der Waals surface area contributed by atoms with Crippen LogP contribution >= 0.6 is 0 Å². The summed E-state index contributed by atoms with van der Waals surface area (Å²) in [5, 5.41) is 4.21. The number of anilines is 2. The van der Waals surface area contributed by atoms with Crippen molar-refractivity contribution in [3.8, 4) is 0 Å². The van der Waals surface area contributed by atoms with Gasteiger partial charge < -0.3 is 0 Å². The first-order valence-corrected chi connectivity index (χ1v) is 9.72. The molecule has 0 aliphatic heterocycles. The summed E-state index contributed by atoms with van der Waals surface area (Å²) >= 11 is 0. The second-order valence-corrected chi connectivity index (χ2v) is 7.47. The molecule has 0 aromatic heterocycles. The van der Waals surface area contributed by atoms with Gasteiger partial charge in [0.05, 0.1) is 24.5 Å². The molecule has 2 aromatic carbocycles. The second-order valence-electron chi connectivity index (χ2n) is 7.47. The van der Waals surface area contributed by atoms with Gasteiger partial charge in [-0.2, -0.15) is 4.94 Å². The number of hydroxylamine groups is 2. The molecule has 3 nitrogen and oxygen atoms in total. The summed E-state index contributed by atoms with van der Waals surface area (Å²) in [4.78, 5) is 6.50.